The minimum Gasteiger partial charge on any atom is -0.480 e. The normalized spacial score (nSPS) is 15.0. The van der Waals surface area contributed by atoms with Crippen molar-refractivity contribution < 1.29 is 32.5 Å². The summed E-state index contributed by atoms with van der Waals surface area (Å²) in [5.41, 5.74) is 0.672. The number of nitrogens with zero attached hydrogens (tertiary/aromatic N) is 6. The standard InChI is InChI=1S/C21H15Cl2N7O7S.2Na/c1-9-17(21(34)30(29-9)8-16(31)32)28-27-14-7-11(3-5-15(14)38(35,36)37)24-20(33)10-2-4-12-13(6-10)26-19(23)18(22)25-12;;/h2-7,17H,8H2,1H3,(H,24,33)(H,31,32)(H,35,36,37);;. The summed E-state index contributed by atoms with van der Waals surface area (Å²) in [5.74, 6) is -2.69. The number of halogens is 2. The monoisotopic (exact) mass is 625 g/mol. The van der Waals surface area contributed by atoms with Gasteiger partial charge in [0.05, 0.1) is 16.7 Å². The van der Waals surface area contributed by atoms with Crippen LogP contribution in [0.1, 0.15) is 17.3 Å². The number of hydrogen-bond donors (Lipinski definition) is 3. The van der Waals surface area contributed by atoms with Crippen LogP contribution in [0.3, 0.4) is 0 Å². The molecule has 4 rings (SSSR count). The fraction of sp³-hybridized carbons (Fsp3) is 0.143. The molecule has 0 saturated carbocycles. The molecule has 0 saturated heterocycles. The molecule has 14 nitrogen and oxygen atoms in total. The van der Waals surface area contributed by atoms with Crippen molar-refractivity contribution in [2.45, 2.75) is 17.9 Å². The largest absolute Gasteiger partial charge is 0.480 e. The second-order valence-electron chi connectivity index (χ2n) is 7.77. The number of carboxylic acid groups (broad SMARTS) is 1. The Morgan fingerprint density at radius 2 is 1.73 bits per heavy atom. The number of azo groups is 1. The van der Waals surface area contributed by atoms with Gasteiger partial charge in [-0.2, -0.15) is 23.7 Å². The quantitative estimate of drug-likeness (QED) is 0.200. The Hall–Kier alpha value is -2.05. The van der Waals surface area contributed by atoms with Crippen LogP contribution in [-0.4, -0.2) is 128 Å². The van der Waals surface area contributed by atoms with Crippen LogP contribution in [0.4, 0.5) is 11.4 Å². The van der Waals surface area contributed by atoms with Gasteiger partial charge in [0, 0.05) is 70.4 Å². The number of aromatic nitrogens is 2. The van der Waals surface area contributed by atoms with Crippen molar-refractivity contribution in [3.8, 4) is 0 Å². The number of rotatable bonds is 7. The van der Waals surface area contributed by atoms with Gasteiger partial charge in [-0.05, 0) is 43.3 Å². The van der Waals surface area contributed by atoms with Crippen LogP contribution in [-0.2, 0) is 19.7 Å². The zero-order valence-electron chi connectivity index (χ0n) is 21.0. The van der Waals surface area contributed by atoms with Crippen molar-refractivity contribution in [2.24, 2.45) is 15.3 Å². The van der Waals surface area contributed by atoms with E-state index in [0.717, 1.165) is 12.1 Å². The molecular formula is C21H15Cl2N7Na2O7S. The van der Waals surface area contributed by atoms with Crippen molar-refractivity contribution in [1.29, 1.82) is 0 Å². The number of carbonyl (C=O) groups excluding carboxylic acids is 2. The number of carbonyl (C=O) groups is 3. The number of carboxylic acids is 1. The number of hydrazone groups is 1. The molecule has 0 spiro atoms. The molecule has 40 heavy (non-hydrogen) atoms. The summed E-state index contributed by atoms with van der Waals surface area (Å²) >= 11 is 11.7. The second-order valence-corrected chi connectivity index (χ2v) is 9.88. The third-order valence-corrected chi connectivity index (χ3v) is 6.59. The minimum atomic E-state index is -4.77. The predicted molar refractivity (Wildman–Crippen MR) is 146 cm³/mol. The van der Waals surface area contributed by atoms with Gasteiger partial charge >= 0.3 is 5.97 Å². The Morgan fingerprint density at radius 1 is 1.07 bits per heavy atom. The Kier molecular flexibility index (Phi) is 11.7. The summed E-state index contributed by atoms with van der Waals surface area (Å²) in [7, 11) is -4.77. The molecule has 1 aliphatic rings. The smallest absolute Gasteiger partial charge is 0.325 e. The number of hydrogen-bond acceptors (Lipinski definition) is 10. The fourth-order valence-corrected chi connectivity index (χ4v) is 4.23. The van der Waals surface area contributed by atoms with Gasteiger partial charge < -0.3 is 10.4 Å². The zero-order chi connectivity index (χ0) is 27.8. The molecule has 2 radical (unpaired) electrons. The third kappa shape index (κ3) is 7.82. The van der Waals surface area contributed by atoms with Crippen LogP contribution in [0.25, 0.3) is 11.0 Å². The maximum Gasteiger partial charge on any atom is 0.325 e. The Bertz CT molecular complexity index is 1690. The first kappa shape index (κ1) is 34.2. The minimum absolute atomic E-state index is 0. The maximum absolute atomic E-state index is 12.8. The number of anilines is 1. The third-order valence-electron chi connectivity index (χ3n) is 5.07. The number of amides is 2. The van der Waals surface area contributed by atoms with E-state index in [9.17, 15) is 27.4 Å². The molecular weight excluding hydrogens is 611 g/mol. The molecule has 3 aromatic rings. The van der Waals surface area contributed by atoms with Crippen LogP contribution >= 0.6 is 23.2 Å². The van der Waals surface area contributed by atoms with E-state index < -0.39 is 51.1 Å². The summed E-state index contributed by atoms with van der Waals surface area (Å²) in [6.07, 6.45) is 0. The topological polar surface area (TPSA) is 204 Å². The van der Waals surface area contributed by atoms with Crippen molar-refractivity contribution in [2.75, 3.05) is 11.9 Å². The molecule has 19 heteroatoms. The van der Waals surface area contributed by atoms with Gasteiger partial charge in [-0.25, -0.2) is 15.0 Å². The molecule has 1 atom stereocenters. The van der Waals surface area contributed by atoms with Crippen LogP contribution in [0.15, 0.2) is 56.6 Å². The van der Waals surface area contributed by atoms with Gasteiger partial charge in [0.2, 0.25) is 0 Å². The molecule has 2 heterocycles. The molecule has 0 bridgehead atoms. The van der Waals surface area contributed by atoms with E-state index in [1.807, 2.05) is 0 Å². The summed E-state index contributed by atoms with van der Waals surface area (Å²) in [6.45, 7) is 0.721. The van der Waals surface area contributed by atoms with Crippen molar-refractivity contribution in [3.63, 3.8) is 0 Å². The first-order chi connectivity index (χ1) is 17.8. The van der Waals surface area contributed by atoms with E-state index >= 15 is 0 Å². The molecule has 1 unspecified atom stereocenters. The van der Waals surface area contributed by atoms with Crippen LogP contribution in [0, 0.1) is 0 Å². The maximum atomic E-state index is 12.8. The SMILES string of the molecule is CC1=NN(CC(=O)O)C(=O)C1N=Nc1cc(NC(=O)c2ccc3nc(Cl)c(Cl)nc3c2)ccc1S(=O)(=O)O.[Na].[Na]. The Balaban J connectivity index is 0.00000280. The molecule has 198 valence electrons. The van der Waals surface area contributed by atoms with E-state index in [0.29, 0.717) is 16.0 Å². The Morgan fingerprint density at radius 3 is 2.35 bits per heavy atom. The summed E-state index contributed by atoms with van der Waals surface area (Å²) in [4.78, 5) is 43.6. The molecule has 0 aliphatic carbocycles. The van der Waals surface area contributed by atoms with E-state index in [1.165, 1.54) is 31.2 Å². The van der Waals surface area contributed by atoms with Crippen LogP contribution in [0.2, 0.25) is 10.3 Å². The average Bonchev–Trinajstić information content (AvgIpc) is 3.08. The van der Waals surface area contributed by atoms with E-state index in [-0.39, 0.29) is 86.4 Å². The van der Waals surface area contributed by atoms with Gasteiger partial charge in [0.15, 0.2) is 16.3 Å². The van der Waals surface area contributed by atoms with Gasteiger partial charge in [-0.15, -0.1) is 0 Å². The van der Waals surface area contributed by atoms with Crippen molar-refractivity contribution in [3.05, 3.63) is 52.3 Å². The summed E-state index contributed by atoms with van der Waals surface area (Å²) in [6, 6.07) is 6.39. The summed E-state index contributed by atoms with van der Waals surface area (Å²) < 4.78 is 33.3. The average molecular weight is 626 g/mol. The van der Waals surface area contributed by atoms with Crippen LogP contribution < -0.4 is 5.32 Å². The van der Waals surface area contributed by atoms with Gasteiger partial charge in [-0.1, -0.05) is 23.2 Å². The van der Waals surface area contributed by atoms with Crippen molar-refractivity contribution >= 4 is 138 Å². The molecule has 2 aromatic carbocycles. The Labute approximate surface area is 280 Å². The number of fused-ring (bicyclic) bond motifs is 1. The van der Waals surface area contributed by atoms with Gasteiger partial charge in [0.1, 0.15) is 17.1 Å². The first-order valence-corrected chi connectivity index (χ1v) is 12.6. The molecule has 3 N–H and O–H groups in total. The number of benzene rings is 2. The number of nitrogens with one attached hydrogen (secondary N) is 1. The fourth-order valence-electron chi connectivity index (χ4n) is 3.36. The van der Waals surface area contributed by atoms with Crippen molar-refractivity contribution in [1.82, 2.24) is 15.0 Å². The van der Waals surface area contributed by atoms with E-state index in [4.69, 9.17) is 28.3 Å². The molecule has 0 fully saturated rings. The van der Waals surface area contributed by atoms with E-state index in [1.54, 1.807) is 0 Å². The predicted octanol–water partition coefficient (Wildman–Crippen LogP) is 2.43. The second kappa shape index (κ2) is 13.7. The first-order valence-electron chi connectivity index (χ1n) is 10.4. The van der Waals surface area contributed by atoms with Crippen LogP contribution in [0.5, 0.6) is 0 Å². The van der Waals surface area contributed by atoms with E-state index in [2.05, 4.69) is 30.6 Å². The van der Waals surface area contributed by atoms with Gasteiger partial charge in [-0.3, -0.25) is 18.9 Å². The molecule has 1 aliphatic heterocycles. The van der Waals surface area contributed by atoms with Gasteiger partial charge in [0.25, 0.3) is 21.9 Å². The molecule has 2 amide bonds. The number of aliphatic carboxylic acids is 1. The zero-order valence-corrected chi connectivity index (χ0v) is 27.4. The molecule has 1 aromatic heterocycles. The summed E-state index contributed by atoms with van der Waals surface area (Å²) in [5, 5.41) is 23.5.